The summed E-state index contributed by atoms with van der Waals surface area (Å²) in [5.74, 6) is -0.393. The normalized spacial score (nSPS) is 9.28. The summed E-state index contributed by atoms with van der Waals surface area (Å²) < 4.78 is 9.22. The predicted molar refractivity (Wildman–Crippen MR) is 66.9 cm³/mol. The van der Waals surface area contributed by atoms with Crippen LogP contribution in [0.3, 0.4) is 0 Å². The molecule has 1 aromatic rings. The minimum atomic E-state index is -0.393. The van der Waals surface area contributed by atoms with Crippen LogP contribution in [-0.4, -0.2) is 42.6 Å². The van der Waals surface area contributed by atoms with Gasteiger partial charge in [0, 0.05) is 0 Å². The molecule has 0 unspecified atom stereocenters. The van der Waals surface area contributed by atoms with Gasteiger partial charge in [0.2, 0.25) is 0 Å². The number of hydrogen-bond acceptors (Lipinski definition) is 5. The maximum Gasteiger partial charge on any atom is 0.332 e. The molecule has 0 radical (unpaired) electrons. The predicted octanol–water partition coefficient (Wildman–Crippen LogP) is 0.737. The summed E-state index contributed by atoms with van der Waals surface area (Å²) in [7, 11) is 0. The fraction of sp³-hybridized carbons (Fsp3) is 0.462. The summed E-state index contributed by atoms with van der Waals surface area (Å²) >= 11 is 0. The summed E-state index contributed by atoms with van der Waals surface area (Å²) in [6.45, 7) is 2.26. The number of hydrogen-bond donors (Lipinski definition) is 2. The molecule has 0 bridgehead atoms. The summed E-state index contributed by atoms with van der Waals surface area (Å²) in [4.78, 5) is 10.5. The fourth-order valence-electron chi connectivity index (χ4n) is 1.01. The number of ether oxygens (including phenoxy) is 2. The highest BCUT2D eigenvalue weighted by molar-refractivity contribution is 5.70. The first-order valence-electron chi connectivity index (χ1n) is 5.73. The van der Waals surface area contributed by atoms with E-state index in [4.69, 9.17) is 10.2 Å². The molecule has 0 spiro atoms. The molecule has 0 amide bonds. The molecular formula is C13H20O5. The highest BCUT2D eigenvalue weighted by atomic mass is 16.6. The lowest BCUT2D eigenvalue weighted by Gasteiger charge is -2.00. The van der Waals surface area contributed by atoms with Crippen LogP contribution in [0.5, 0.6) is 0 Å². The van der Waals surface area contributed by atoms with Gasteiger partial charge in [-0.3, -0.25) is 0 Å². The Balaban J connectivity index is 0.000000327. The van der Waals surface area contributed by atoms with Crippen molar-refractivity contribution in [1.82, 2.24) is 0 Å². The molecule has 0 aliphatic carbocycles. The van der Waals surface area contributed by atoms with E-state index >= 15 is 0 Å². The van der Waals surface area contributed by atoms with Crippen LogP contribution in [0.1, 0.15) is 12.5 Å². The van der Waals surface area contributed by atoms with E-state index in [1.165, 1.54) is 0 Å². The molecule has 0 aliphatic heterocycles. The van der Waals surface area contributed by atoms with Crippen molar-refractivity contribution in [3.63, 3.8) is 0 Å². The Morgan fingerprint density at radius 1 is 1.22 bits per heavy atom. The molecule has 5 heteroatoms. The van der Waals surface area contributed by atoms with Gasteiger partial charge in [-0.15, -0.1) is 0 Å². The van der Waals surface area contributed by atoms with Crippen LogP contribution in [0.25, 0.3) is 0 Å². The second-order valence-electron chi connectivity index (χ2n) is 3.22. The van der Waals surface area contributed by atoms with Crippen molar-refractivity contribution >= 4 is 5.97 Å². The van der Waals surface area contributed by atoms with E-state index in [0.29, 0.717) is 6.61 Å². The molecule has 0 saturated heterocycles. The molecule has 102 valence electrons. The van der Waals surface area contributed by atoms with Crippen LogP contribution in [0.2, 0.25) is 0 Å². The molecule has 1 rings (SSSR count). The van der Waals surface area contributed by atoms with Gasteiger partial charge in [0.05, 0.1) is 26.4 Å². The Hall–Kier alpha value is -1.43. The van der Waals surface area contributed by atoms with Crippen LogP contribution in [0.15, 0.2) is 30.3 Å². The number of benzene rings is 1. The van der Waals surface area contributed by atoms with Crippen LogP contribution in [0.4, 0.5) is 0 Å². The van der Waals surface area contributed by atoms with E-state index in [2.05, 4.69) is 9.47 Å². The number of aliphatic hydroxyl groups is 2. The first-order valence-corrected chi connectivity index (χ1v) is 5.73. The summed E-state index contributed by atoms with van der Waals surface area (Å²) in [6.07, 6.45) is 0. The van der Waals surface area contributed by atoms with Gasteiger partial charge in [-0.1, -0.05) is 30.3 Å². The highest BCUT2D eigenvalue weighted by Crippen LogP contribution is 1.95. The van der Waals surface area contributed by atoms with Gasteiger partial charge in [-0.2, -0.15) is 0 Å². The third-order valence-corrected chi connectivity index (χ3v) is 1.79. The van der Waals surface area contributed by atoms with Crippen molar-refractivity contribution in [3.05, 3.63) is 35.9 Å². The molecule has 2 N–H and O–H groups in total. The van der Waals surface area contributed by atoms with Gasteiger partial charge in [0.1, 0.15) is 6.61 Å². The van der Waals surface area contributed by atoms with Crippen molar-refractivity contribution in [2.45, 2.75) is 13.5 Å². The van der Waals surface area contributed by atoms with Crippen LogP contribution >= 0.6 is 0 Å². The van der Waals surface area contributed by atoms with Crippen molar-refractivity contribution in [1.29, 1.82) is 0 Å². The molecule has 18 heavy (non-hydrogen) atoms. The Morgan fingerprint density at radius 3 is 2.33 bits per heavy atom. The summed E-state index contributed by atoms with van der Waals surface area (Å²) in [5, 5.41) is 16.8. The number of aliphatic hydroxyl groups excluding tert-OH is 2. The van der Waals surface area contributed by atoms with Crippen LogP contribution < -0.4 is 0 Å². The lowest BCUT2D eigenvalue weighted by Crippen LogP contribution is -2.13. The molecule has 0 aromatic heterocycles. The summed E-state index contributed by atoms with van der Waals surface area (Å²) in [5.41, 5.74) is 0.965. The van der Waals surface area contributed by atoms with Gasteiger partial charge in [0.15, 0.2) is 0 Å². The zero-order valence-electron chi connectivity index (χ0n) is 10.5. The van der Waals surface area contributed by atoms with Crippen molar-refractivity contribution in [2.75, 3.05) is 26.4 Å². The molecule has 0 saturated carbocycles. The Labute approximate surface area is 107 Å². The number of esters is 1. The Kier molecular flexibility index (Phi) is 11.1. The van der Waals surface area contributed by atoms with E-state index in [1.807, 2.05) is 30.3 Å². The first kappa shape index (κ1) is 16.6. The van der Waals surface area contributed by atoms with Crippen LogP contribution in [0, 0.1) is 0 Å². The molecule has 0 aliphatic rings. The average molecular weight is 256 g/mol. The van der Waals surface area contributed by atoms with Gasteiger partial charge >= 0.3 is 5.97 Å². The number of carbonyl (C=O) groups excluding carboxylic acids is 1. The molecule has 0 heterocycles. The minimum absolute atomic E-state index is 0.0700. The second-order valence-corrected chi connectivity index (χ2v) is 3.22. The van der Waals surface area contributed by atoms with Gasteiger partial charge < -0.3 is 19.7 Å². The van der Waals surface area contributed by atoms with Gasteiger partial charge in [-0.05, 0) is 12.5 Å². The van der Waals surface area contributed by atoms with Crippen molar-refractivity contribution < 1.29 is 24.5 Å². The monoisotopic (exact) mass is 256 g/mol. The SMILES string of the molecule is CCOC(=O)COCCO.OCc1ccccc1. The highest BCUT2D eigenvalue weighted by Gasteiger charge is 1.98. The number of rotatable bonds is 6. The topological polar surface area (TPSA) is 76.0 Å². The zero-order valence-corrected chi connectivity index (χ0v) is 10.5. The summed E-state index contributed by atoms with van der Waals surface area (Å²) in [6, 6.07) is 9.52. The maximum absolute atomic E-state index is 10.5. The Morgan fingerprint density at radius 2 is 1.89 bits per heavy atom. The van der Waals surface area contributed by atoms with Crippen molar-refractivity contribution in [3.8, 4) is 0 Å². The fourth-order valence-corrected chi connectivity index (χ4v) is 1.01. The zero-order chi connectivity index (χ0) is 13.6. The molecular weight excluding hydrogens is 236 g/mol. The molecule has 1 aromatic carbocycles. The van der Waals surface area contributed by atoms with E-state index in [0.717, 1.165) is 5.56 Å². The van der Waals surface area contributed by atoms with Crippen molar-refractivity contribution in [2.24, 2.45) is 0 Å². The largest absolute Gasteiger partial charge is 0.464 e. The van der Waals surface area contributed by atoms with Gasteiger partial charge in [0.25, 0.3) is 0 Å². The molecule has 0 atom stereocenters. The molecule has 0 fully saturated rings. The standard InChI is InChI=1S/C7H8O.C6H12O4/c8-6-7-4-2-1-3-5-7;1-2-10-6(8)5-9-4-3-7/h1-5,8H,6H2;7H,2-5H2,1H3. The average Bonchev–Trinajstić information content (AvgIpc) is 2.41. The van der Waals surface area contributed by atoms with Crippen LogP contribution in [-0.2, 0) is 20.9 Å². The molecule has 5 nitrogen and oxygen atoms in total. The second kappa shape index (κ2) is 12.0. The minimum Gasteiger partial charge on any atom is -0.464 e. The first-order chi connectivity index (χ1) is 8.74. The quantitative estimate of drug-likeness (QED) is 0.580. The Bertz CT molecular complexity index is 300. The lowest BCUT2D eigenvalue weighted by atomic mass is 10.2. The smallest absolute Gasteiger partial charge is 0.332 e. The number of carbonyl (C=O) groups is 1. The van der Waals surface area contributed by atoms with E-state index in [-0.39, 0.29) is 26.4 Å². The maximum atomic E-state index is 10.5. The lowest BCUT2D eigenvalue weighted by molar-refractivity contribution is -0.148. The van der Waals surface area contributed by atoms with E-state index in [9.17, 15) is 4.79 Å². The third-order valence-electron chi connectivity index (χ3n) is 1.79. The van der Waals surface area contributed by atoms with E-state index < -0.39 is 5.97 Å². The van der Waals surface area contributed by atoms with Gasteiger partial charge in [-0.25, -0.2) is 4.79 Å². The van der Waals surface area contributed by atoms with E-state index in [1.54, 1.807) is 6.92 Å². The third kappa shape index (κ3) is 9.77.